The number of rotatable bonds is 3. The molecule has 3 heteroatoms. The van der Waals surface area contributed by atoms with Gasteiger partial charge >= 0.3 is 0 Å². The van der Waals surface area contributed by atoms with E-state index in [9.17, 15) is 0 Å². The van der Waals surface area contributed by atoms with Crippen LogP contribution >= 0.6 is 0 Å². The number of nitrogens with zero attached hydrogens (tertiary/aromatic N) is 2. The molecule has 0 radical (unpaired) electrons. The third-order valence-electron chi connectivity index (χ3n) is 5.12. The molecule has 0 amide bonds. The van der Waals surface area contributed by atoms with Crippen LogP contribution in [0.1, 0.15) is 69.5 Å². The predicted molar refractivity (Wildman–Crippen MR) is 83.0 cm³/mol. The maximum atomic E-state index is 4.53. The SMILES string of the molecule is CC1(CNc2ncnc3c2CCCCC3)CCCCC1. The Bertz CT molecular complexity index is 450. The topological polar surface area (TPSA) is 37.8 Å². The average Bonchev–Trinajstić information content (AvgIpc) is 2.71. The highest BCUT2D eigenvalue weighted by atomic mass is 15.0. The van der Waals surface area contributed by atoms with Crippen molar-refractivity contribution >= 4 is 5.82 Å². The Balaban J connectivity index is 1.71. The van der Waals surface area contributed by atoms with Crippen molar-refractivity contribution in [2.45, 2.75) is 71.1 Å². The standard InChI is InChI=1S/C17H27N3/c1-17(10-6-3-7-11-17)12-18-16-14-8-4-2-5-9-15(14)19-13-20-16/h13H,2-12H2,1H3,(H,18,19,20). The van der Waals surface area contributed by atoms with Gasteiger partial charge in [-0.1, -0.05) is 32.6 Å². The Morgan fingerprint density at radius 3 is 2.60 bits per heavy atom. The van der Waals surface area contributed by atoms with Crippen molar-refractivity contribution in [3.63, 3.8) is 0 Å². The fourth-order valence-electron chi connectivity index (χ4n) is 3.73. The molecular weight excluding hydrogens is 246 g/mol. The van der Waals surface area contributed by atoms with Crippen LogP contribution in [0.2, 0.25) is 0 Å². The Hall–Kier alpha value is -1.12. The smallest absolute Gasteiger partial charge is 0.132 e. The van der Waals surface area contributed by atoms with Gasteiger partial charge in [-0.05, 0) is 43.9 Å². The number of anilines is 1. The third-order valence-corrected chi connectivity index (χ3v) is 5.12. The van der Waals surface area contributed by atoms with Crippen molar-refractivity contribution in [1.82, 2.24) is 9.97 Å². The Morgan fingerprint density at radius 1 is 1.00 bits per heavy atom. The Labute approximate surface area is 122 Å². The van der Waals surface area contributed by atoms with E-state index in [-0.39, 0.29) is 0 Å². The Kier molecular flexibility index (Phi) is 4.23. The summed E-state index contributed by atoms with van der Waals surface area (Å²) in [5, 5.41) is 3.66. The quantitative estimate of drug-likeness (QED) is 0.842. The van der Waals surface area contributed by atoms with Crippen LogP contribution in [0.4, 0.5) is 5.82 Å². The molecule has 0 aliphatic heterocycles. The molecule has 1 heterocycles. The summed E-state index contributed by atoms with van der Waals surface area (Å²) in [7, 11) is 0. The second kappa shape index (κ2) is 6.11. The number of nitrogens with one attached hydrogen (secondary N) is 1. The summed E-state index contributed by atoms with van der Waals surface area (Å²) in [6.45, 7) is 3.50. The normalized spacial score (nSPS) is 21.9. The molecule has 110 valence electrons. The van der Waals surface area contributed by atoms with Gasteiger partial charge in [0.1, 0.15) is 12.1 Å². The lowest BCUT2D eigenvalue weighted by Crippen LogP contribution is -2.29. The van der Waals surface area contributed by atoms with E-state index in [1.165, 1.54) is 62.6 Å². The van der Waals surface area contributed by atoms with Crippen molar-refractivity contribution in [3.05, 3.63) is 17.6 Å². The van der Waals surface area contributed by atoms with Gasteiger partial charge in [-0.2, -0.15) is 0 Å². The van der Waals surface area contributed by atoms with Crippen LogP contribution in [-0.4, -0.2) is 16.5 Å². The summed E-state index contributed by atoms with van der Waals surface area (Å²) in [4.78, 5) is 9.03. The van der Waals surface area contributed by atoms with E-state index in [0.29, 0.717) is 5.41 Å². The molecule has 1 aromatic heterocycles. The molecule has 1 fully saturated rings. The highest BCUT2D eigenvalue weighted by Gasteiger charge is 2.27. The molecule has 0 saturated heterocycles. The van der Waals surface area contributed by atoms with Crippen LogP contribution in [0.15, 0.2) is 6.33 Å². The molecule has 2 aliphatic rings. The molecule has 0 unspecified atom stereocenters. The monoisotopic (exact) mass is 273 g/mol. The van der Waals surface area contributed by atoms with Gasteiger partial charge < -0.3 is 5.32 Å². The number of hydrogen-bond donors (Lipinski definition) is 1. The summed E-state index contributed by atoms with van der Waals surface area (Å²) in [5.74, 6) is 1.11. The highest BCUT2D eigenvalue weighted by molar-refractivity contribution is 5.46. The highest BCUT2D eigenvalue weighted by Crippen LogP contribution is 2.36. The van der Waals surface area contributed by atoms with E-state index in [2.05, 4.69) is 22.2 Å². The molecule has 0 bridgehead atoms. The van der Waals surface area contributed by atoms with E-state index in [0.717, 1.165) is 25.2 Å². The lowest BCUT2D eigenvalue weighted by Gasteiger charge is -2.34. The van der Waals surface area contributed by atoms with Gasteiger partial charge in [-0.15, -0.1) is 0 Å². The minimum Gasteiger partial charge on any atom is -0.369 e. The second-order valence-electron chi connectivity index (χ2n) is 6.93. The second-order valence-corrected chi connectivity index (χ2v) is 6.93. The molecule has 3 rings (SSSR count). The van der Waals surface area contributed by atoms with Crippen LogP contribution in [0.25, 0.3) is 0 Å². The lowest BCUT2D eigenvalue weighted by atomic mass is 9.76. The predicted octanol–water partition coefficient (Wildman–Crippen LogP) is 4.13. The van der Waals surface area contributed by atoms with Crippen molar-refractivity contribution in [2.24, 2.45) is 5.41 Å². The first-order valence-corrected chi connectivity index (χ1v) is 8.33. The maximum Gasteiger partial charge on any atom is 0.132 e. The first-order valence-electron chi connectivity index (χ1n) is 8.33. The number of hydrogen-bond acceptors (Lipinski definition) is 3. The number of aromatic nitrogens is 2. The third kappa shape index (κ3) is 3.13. The van der Waals surface area contributed by atoms with E-state index >= 15 is 0 Å². The minimum atomic E-state index is 0.459. The molecule has 2 aliphatic carbocycles. The largest absolute Gasteiger partial charge is 0.369 e. The first-order chi connectivity index (χ1) is 9.77. The fourth-order valence-corrected chi connectivity index (χ4v) is 3.73. The van der Waals surface area contributed by atoms with Crippen LogP contribution in [0.5, 0.6) is 0 Å². The zero-order valence-electron chi connectivity index (χ0n) is 12.7. The molecule has 1 aromatic rings. The zero-order valence-corrected chi connectivity index (χ0v) is 12.7. The van der Waals surface area contributed by atoms with Crippen molar-refractivity contribution in [1.29, 1.82) is 0 Å². The average molecular weight is 273 g/mol. The van der Waals surface area contributed by atoms with Crippen LogP contribution < -0.4 is 5.32 Å². The summed E-state index contributed by atoms with van der Waals surface area (Å²) in [6, 6.07) is 0. The fraction of sp³-hybridized carbons (Fsp3) is 0.765. The summed E-state index contributed by atoms with van der Waals surface area (Å²) in [6.07, 6.45) is 14.8. The zero-order chi connectivity index (χ0) is 13.8. The van der Waals surface area contributed by atoms with E-state index < -0.39 is 0 Å². The lowest BCUT2D eigenvalue weighted by molar-refractivity contribution is 0.233. The van der Waals surface area contributed by atoms with Gasteiger partial charge in [-0.3, -0.25) is 0 Å². The molecule has 0 atom stereocenters. The van der Waals surface area contributed by atoms with Gasteiger partial charge in [-0.25, -0.2) is 9.97 Å². The van der Waals surface area contributed by atoms with Gasteiger partial charge in [0, 0.05) is 17.8 Å². The molecule has 0 spiro atoms. The van der Waals surface area contributed by atoms with Crippen LogP contribution in [-0.2, 0) is 12.8 Å². The maximum absolute atomic E-state index is 4.53. The number of aryl methyl sites for hydroxylation is 1. The van der Waals surface area contributed by atoms with E-state index in [1.54, 1.807) is 6.33 Å². The molecular formula is C17H27N3. The van der Waals surface area contributed by atoms with E-state index in [4.69, 9.17) is 0 Å². The van der Waals surface area contributed by atoms with Crippen LogP contribution in [0.3, 0.4) is 0 Å². The van der Waals surface area contributed by atoms with Gasteiger partial charge in [0.25, 0.3) is 0 Å². The molecule has 1 saturated carbocycles. The molecule has 3 nitrogen and oxygen atoms in total. The number of fused-ring (bicyclic) bond motifs is 1. The Morgan fingerprint density at radius 2 is 1.75 bits per heavy atom. The molecule has 20 heavy (non-hydrogen) atoms. The summed E-state index contributed by atoms with van der Waals surface area (Å²) in [5.41, 5.74) is 3.14. The first kappa shape index (κ1) is 13.8. The van der Waals surface area contributed by atoms with Gasteiger partial charge in [0.2, 0.25) is 0 Å². The van der Waals surface area contributed by atoms with Gasteiger partial charge in [0.05, 0.1) is 0 Å². The summed E-state index contributed by atoms with van der Waals surface area (Å²) < 4.78 is 0. The van der Waals surface area contributed by atoms with Crippen molar-refractivity contribution in [2.75, 3.05) is 11.9 Å². The van der Waals surface area contributed by atoms with Gasteiger partial charge in [0.15, 0.2) is 0 Å². The van der Waals surface area contributed by atoms with E-state index in [1.807, 2.05) is 0 Å². The van der Waals surface area contributed by atoms with Crippen LogP contribution in [0, 0.1) is 5.41 Å². The minimum absolute atomic E-state index is 0.459. The molecule has 1 N–H and O–H groups in total. The van der Waals surface area contributed by atoms with Crippen molar-refractivity contribution < 1.29 is 0 Å². The van der Waals surface area contributed by atoms with Crippen molar-refractivity contribution in [3.8, 4) is 0 Å². The summed E-state index contributed by atoms with van der Waals surface area (Å²) >= 11 is 0. The molecule has 0 aromatic carbocycles.